The monoisotopic (exact) mass is 466 g/mol. The highest BCUT2D eigenvalue weighted by atomic mass is 19.1. The zero-order valence-electron chi connectivity index (χ0n) is 20.1. The summed E-state index contributed by atoms with van der Waals surface area (Å²) in [6.45, 7) is 9.43. The summed E-state index contributed by atoms with van der Waals surface area (Å²) in [5.41, 5.74) is 1.13. The SMILES string of the molecule is C[C@H]1CN(c2ncc(F)c(N3CC(C(=O)NC(C)(C)c4cnc5ccccn45)C3)n2)CCN1C. The molecular weight excluding hydrogens is 435 g/mol. The maximum atomic E-state index is 14.6. The molecule has 3 aromatic heterocycles. The lowest BCUT2D eigenvalue weighted by Crippen LogP contribution is -2.57. The van der Waals surface area contributed by atoms with Crippen LogP contribution in [0.5, 0.6) is 0 Å². The number of piperazine rings is 1. The average molecular weight is 467 g/mol. The molecule has 5 heterocycles. The van der Waals surface area contributed by atoms with Crippen LogP contribution < -0.4 is 15.1 Å². The molecule has 0 bridgehead atoms. The molecule has 0 saturated carbocycles. The molecule has 2 aliphatic rings. The number of fused-ring (bicyclic) bond motifs is 1. The highest BCUT2D eigenvalue weighted by Gasteiger charge is 2.38. The van der Waals surface area contributed by atoms with Crippen molar-refractivity contribution in [2.24, 2.45) is 5.92 Å². The molecule has 1 amide bonds. The molecule has 0 aromatic carbocycles. The lowest BCUT2D eigenvalue weighted by atomic mass is 9.95. The van der Waals surface area contributed by atoms with Crippen molar-refractivity contribution in [3.05, 3.63) is 48.3 Å². The van der Waals surface area contributed by atoms with E-state index in [9.17, 15) is 9.18 Å². The molecule has 2 fully saturated rings. The Hall–Kier alpha value is -3.27. The van der Waals surface area contributed by atoms with E-state index in [0.29, 0.717) is 25.1 Å². The van der Waals surface area contributed by atoms with Crippen LogP contribution in [0.2, 0.25) is 0 Å². The molecule has 180 valence electrons. The van der Waals surface area contributed by atoms with Gasteiger partial charge in [0.05, 0.1) is 29.5 Å². The predicted molar refractivity (Wildman–Crippen MR) is 128 cm³/mol. The number of carbonyl (C=O) groups excluding carboxylic acids is 1. The van der Waals surface area contributed by atoms with Crippen molar-refractivity contribution in [1.82, 2.24) is 29.6 Å². The van der Waals surface area contributed by atoms with E-state index in [0.717, 1.165) is 31.0 Å². The van der Waals surface area contributed by atoms with Crippen LogP contribution in [0.25, 0.3) is 5.65 Å². The summed E-state index contributed by atoms with van der Waals surface area (Å²) in [4.78, 5) is 32.4. The number of amides is 1. The van der Waals surface area contributed by atoms with Gasteiger partial charge >= 0.3 is 0 Å². The molecule has 3 aromatic rings. The van der Waals surface area contributed by atoms with Gasteiger partial charge in [-0.25, -0.2) is 14.4 Å². The van der Waals surface area contributed by atoms with Crippen molar-refractivity contribution >= 4 is 23.3 Å². The number of hydrogen-bond donors (Lipinski definition) is 1. The Kier molecular flexibility index (Phi) is 5.63. The van der Waals surface area contributed by atoms with E-state index in [1.165, 1.54) is 6.20 Å². The van der Waals surface area contributed by atoms with Crippen LogP contribution in [0.4, 0.5) is 16.2 Å². The Balaban J connectivity index is 1.24. The number of halogens is 1. The highest BCUT2D eigenvalue weighted by molar-refractivity contribution is 5.82. The van der Waals surface area contributed by atoms with E-state index in [1.54, 1.807) is 6.20 Å². The van der Waals surface area contributed by atoms with Crippen molar-refractivity contribution in [3.8, 4) is 0 Å². The molecule has 1 N–H and O–H groups in total. The second-order valence-corrected chi connectivity index (χ2v) is 9.91. The third-order valence-electron chi connectivity index (χ3n) is 7.00. The zero-order chi connectivity index (χ0) is 24.0. The summed E-state index contributed by atoms with van der Waals surface area (Å²) >= 11 is 0. The number of rotatable bonds is 5. The van der Waals surface area contributed by atoms with Crippen LogP contribution in [-0.4, -0.2) is 76.0 Å². The highest BCUT2D eigenvalue weighted by Crippen LogP contribution is 2.29. The predicted octanol–water partition coefficient (Wildman–Crippen LogP) is 1.89. The minimum atomic E-state index is -0.607. The summed E-state index contributed by atoms with van der Waals surface area (Å²) in [6.07, 6.45) is 4.97. The van der Waals surface area contributed by atoms with Gasteiger partial charge in [0.15, 0.2) is 11.6 Å². The van der Waals surface area contributed by atoms with Crippen molar-refractivity contribution < 1.29 is 9.18 Å². The number of carbonyl (C=O) groups is 1. The minimum Gasteiger partial charge on any atom is -0.352 e. The Morgan fingerprint density at radius 2 is 1.91 bits per heavy atom. The molecule has 0 radical (unpaired) electrons. The first-order valence-corrected chi connectivity index (χ1v) is 11.7. The Bertz CT molecular complexity index is 1200. The van der Waals surface area contributed by atoms with Crippen LogP contribution in [0.15, 0.2) is 36.8 Å². The van der Waals surface area contributed by atoms with E-state index < -0.39 is 11.4 Å². The van der Waals surface area contributed by atoms with Crippen LogP contribution in [0.3, 0.4) is 0 Å². The van der Waals surface area contributed by atoms with Gasteiger partial charge in [-0.05, 0) is 40.0 Å². The van der Waals surface area contributed by atoms with Crippen molar-refractivity contribution in [2.75, 3.05) is 49.6 Å². The molecule has 0 spiro atoms. The first-order valence-electron chi connectivity index (χ1n) is 11.7. The smallest absolute Gasteiger partial charge is 0.227 e. The fraction of sp³-hybridized carbons (Fsp3) is 0.500. The quantitative estimate of drug-likeness (QED) is 0.615. The minimum absolute atomic E-state index is 0.0605. The summed E-state index contributed by atoms with van der Waals surface area (Å²) in [5, 5.41) is 3.15. The summed E-state index contributed by atoms with van der Waals surface area (Å²) in [5.74, 6) is 0.0464. The lowest BCUT2D eigenvalue weighted by Gasteiger charge is -2.41. The third kappa shape index (κ3) is 4.06. The standard InChI is InChI=1S/C24H31FN8O/c1-16-13-31(10-9-30(16)4)23-27-11-18(25)21(28-23)32-14-17(15-32)22(34)29-24(2,3)19-12-26-20-7-5-6-8-33(19)20/h5-8,11-12,16-17H,9-10,13-15H2,1-4H3,(H,29,34)/t16-/m0/s1. The molecule has 9 nitrogen and oxygen atoms in total. The van der Waals surface area contributed by atoms with E-state index in [1.807, 2.05) is 47.5 Å². The van der Waals surface area contributed by atoms with E-state index in [4.69, 9.17) is 0 Å². The van der Waals surface area contributed by atoms with Crippen LogP contribution in [0, 0.1) is 11.7 Å². The van der Waals surface area contributed by atoms with Crippen molar-refractivity contribution in [3.63, 3.8) is 0 Å². The van der Waals surface area contributed by atoms with Gasteiger partial charge in [0.1, 0.15) is 5.65 Å². The number of aromatic nitrogens is 4. The topological polar surface area (TPSA) is 81.9 Å². The fourth-order valence-electron chi connectivity index (χ4n) is 4.64. The average Bonchev–Trinajstić information content (AvgIpc) is 3.21. The number of likely N-dealkylation sites (N-methyl/N-ethyl adjacent to an activating group) is 1. The molecule has 0 unspecified atom stereocenters. The molecule has 34 heavy (non-hydrogen) atoms. The number of anilines is 2. The van der Waals surface area contributed by atoms with Crippen LogP contribution in [0.1, 0.15) is 26.5 Å². The summed E-state index contributed by atoms with van der Waals surface area (Å²) in [6, 6.07) is 6.17. The van der Waals surface area contributed by atoms with Crippen LogP contribution >= 0.6 is 0 Å². The number of nitrogens with one attached hydrogen (secondary N) is 1. The molecule has 0 aliphatic carbocycles. The maximum absolute atomic E-state index is 14.6. The molecule has 2 aliphatic heterocycles. The van der Waals surface area contributed by atoms with E-state index in [-0.39, 0.29) is 17.6 Å². The van der Waals surface area contributed by atoms with Gasteiger partial charge in [-0.1, -0.05) is 6.07 Å². The normalized spacial score (nSPS) is 20.0. The van der Waals surface area contributed by atoms with Gasteiger partial charge in [0.25, 0.3) is 0 Å². The Morgan fingerprint density at radius 1 is 1.12 bits per heavy atom. The van der Waals surface area contributed by atoms with E-state index in [2.05, 4.69) is 44.0 Å². The molecule has 10 heteroatoms. The molecule has 1 atom stereocenters. The van der Waals surface area contributed by atoms with Gasteiger partial charge in [0.2, 0.25) is 11.9 Å². The Morgan fingerprint density at radius 3 is 2.68 bits per heavy atom. The van der Waals surface area contributed by atoms with Crippen molar-refractivity contribution in [1.29, 1.82) is 0 Å². The first kappa shape index (κ1) is 22.5. The van der Waals surface area contributed by atoms with Gasteiger partial charge in [0, 0.05) is 45.0 Å². The lowest BCUT2D eigenvalue weighted by molar-refractivity contribution is -0.127. The Labute approximate surface area is 198 Å². The van der Waals surface area contributed by atoms with Gasteiger partial charge < -0.3 is 24.4 Å². The molecular formula is C24H31FN8O. The second-order valence-electron chi connectivity index (χ2n) is 9.91. The molecule has 2 saturated heterocycles. The van der Waals surface area contributed by atoms with Gasteiger partial charge in [-0.2, -0.15) is 4.98 Å². The zero-order valence-corrected chi connectivity index (χ0v) is 20.1. The van der Waals surface area contributed by atoms with Gasteiger partial charge in [-0.3, -0.25) is 4.79 Å². The van der Waals surface area contributed by atoms with Crippen molar-refractivity contribution in [2.45, 2.75) is 32.4 Å². The number of nitrogens with zero attached hydrogens (tertiary/aromatic N) is 7. The van der Waals surface area contributed by atoms with Gasteiger partial charge in [-0.15, -0.1) is 0 Å². The maximum Gasteiger partial charge on any atom is 0.227 e. The van der Waals surface area contributed by atoms with Crippen LogP contribution in [-0.2, 0) is 10.3 Å². The second kappa shape index (κ2) is 8.50. The third-order valence-corrected chi connectivity index (χ3v) is 7.00. The number of imidazole rings is 1. The first-order chi connectivity index (χ1) is 16.2. The fourth-order valence-corrected chi connectivity index (χ4v) is 4.64. The number of pyridine rings is 1. The molecule has 5 rings (SSSR count). The number of hydrogen-bond acceptors (Lipinski definition) is 7. The summed E-state index contributed by atoms with van der Waals surface area (Å²) < 4.78 is 16.6. The van der Waals surface area contributed by atoms with E-state index >= 15 is 0 Å². The largest absolute Gasteiger partial charge is 0.352 e. The summed E-state index contributed by atoms with van der Waals surface area (Å²) in [7, 11) is 2.10.